The van der Waals surface area contributed by atoms with Gasteiger partial charge in [-0.05, 0) is 25.8 Å². The quantitative estimate of drug-likeness (QED) is 0.677. The Morgan fingerprint density at radius 3 is 2.85 bits per heavy atom. The number of aliphatic hydroxyl groups is 2. The fourth-order valence-corrected chi connectivity index (χ4v) is 1.92. The van der Waals surface area contributed by atoms with E-state index in [1.165, 1.54) is 12.8 Å². The molecule has 2 atom stereocenters. The van der Waals surface area contributed by atoms with Gasteiger partial charge in [-0.25, -0.2) is 0 Å². The van der Waals surface area contributed by atoms with Crippen molar-refractivity contribution < 1.29 is 10.2 Å². The van der Waals surface area contributed by atoms with Crippen LogP contribution in [0.25, 0.3) is 0 Å². The van der Waals surface area contributed by atoms with Crippen LogP contribution >= 0.6 is 0 Å². The number of nitrogens with zero attached hydrogens (tertiary/aromatic N) is 1. The van der Waals surface area contributed by atoms with Crippen molar-refractivity contribution in [3.05, 3.63) is 0 Å². The standard InChI is InChI=1S/C10H21NO2/c1-2-3-5-11-6-4-10(13)7-9(11)8-12/h9-10,12-13H,2-8H2,1H3. The van der Waals surface area contributed by atoms with Gasteiger partial charge in [-0.3, -0.25) is 4.90 Å². The van der Waals surface area contributed by atoms with Crippen molar-refractivity contribution in [3.8, 4) is 0 Å². The van der Waals surface area contributed by atoms with Gasteiger partial charge < -0.3 is 10.2 Å². The van der Waals surface area contributed by atoms with E-state index >= 15 is 0 Å². The molecule has 1 saturated heterocycles. The first-order chi connectivity index (χ1) is 6.27. The van der Waals surface area contributed by atoms with Crippen LogP contribution in [0.15, 0.2) is 0 Å². The highest BCUT2D eigenvalue weighted by Crippen LogP contribution is 2.17. The zero-order valence-corrected chi connectivity index (χ0v) is 8.45. The van der Waals surface area contributed by atoms with Crippen molar-refractivity contribution in [3.63, 3.8) is 0 Å². The molecule has 1 rings (SSSR count). The van der Waals surface area contributed by atoms with Gasteiger partial charge in [-0.15, -0.1) is 0 Å². The Kier molecular flexibility index (Phi) is 4.70. The second-order valence-electron chi connectivity index (χ2n) is 3.90. The van der Waals surface area contributed by atoms with E-state index in [1.54, 1.807) is 0 Å². The molecule has 3 nitrogen and oxygen atoms in total. The predicted octanol–water partition coefficient (Wildman–Crippen LogP) is 0.604. The molecule has 0 aliphatic carbocycles. The lowest BCUT2D eigenvalue weighted by molar-refractivity contribution is 0.0166. The van der Waals surface area contributed by atoms with Crippen molar-refractivity contribution in [2.45, 2.75) is 44.8 Å². The average Bonchev–Trinajstić information content (AvgIpc) is 2.16. The van der Waals surface area contributed by atoms with Crippen LogP contribution in [-0.4, -0.2) is 47.0 Å². The molecule has 0 bridgehead atoms. The van der Waals surface area contributed by atoms with E-state index in [1.807, 2.05) is 0 Å². The highest BCUT2D eigenvalue weighted by atomic mass is 16.3. The first-order valence-electron chi connectivity index (χ1n) is 5.31. The van der Waals surface area contributed by atoms with Crippen molar-refractivity contribution in [1.29, 1.82) is 0 Å². The van der Waals surface area contributed by atoms with Crippen LogP contribution in [0.1, 0.15) is 32.6 Å². The molecular weight excluding hydrogens is 166 g/mol. The van der Waals surface area contributed by atoms with Gasteiger partial charge >= 0.3 is 0 Å². The predicted molar refractivity (Wildman–Crippen MR) is 52.6 cm³/mol. The number of piperidine rings is 1. The van der Waals surface area contributed by atoms with Gasteiger partial charge in [-0.1, -0.05) is 13.3 Å². The Morgan fingerprint density at radius 2 is 2.23 bits per heavy atom. The lowest BCUT2D eigenvalue weighted by Crippen LogP contribution is -2.46. The lowest BCUT2D eigenvalue weighted by Gasteiger charge is -2.36. The van der Waals surface area contributed by atoms with Gasteiger partial charge in [0.05, 0.1) is 12.7 Å². The second kappa shape index (κ2) is 5.58. The van der Waals surface area contributed by atoms with Crippen LogP contribution in [0.3, 0.4) is 0 Å². The molecule has 0 aromatic rings. The number of rotatable bonds is 4. The molecule has 0 aromatic heterocycles. The third-order valence-electron chi connectivity index (χ3n) is 2.82. The first-order valence-corrected chi connectivity index (χ1v) is 5.31. The Balaban J connectivity index is 2.33. The zero-order chi connectivity index (χ0) is 9.68. The molecule has 1 fully saturated rings. The molecule has 1 aliphatic rings. The Morgan fingerprint density at radius 1 is 1.46 bits per heavy atom. The summed E-state index contributed by atoms with van der Waals surface area (Å²) in [4.78, 5) is 2.30. The molecule has 0 spiro atoms. The van der Waals surface area contributed by atoms with Crippen molar-refractivity contribution in [1.82, 2.24) is 4.90 Å². The lowest BCUT2D eigenvalue weighted by atomic mass is 10.00. The minimum Gasteiger partial charge on any atom is -0.395 e. The van der Waals surface area contributed by atoms with Crippen molar-refractivity contribution >= 4 is 0 Å². The minimum absolute atomic E-state index is 0.181. The van der Waals surface area contributed by atoms with E-state index in [4.69, 9.17) is 5.11 Å². The number of hydrogen-bond donors (Lipinski definition) is 2. The molecular formula is C10H21NO2. The molecule has 3 heteroatoms. The SMILES string of the molecule is CCCCN1CCC(O)CC1CO. The summed E-state index contributed by atoms with van der Waals surface area (Å²) in [7, 11) is 0. The fraction of sp³-hybridized carbons (Fsp3) is 1.00. The third kappa shape index (κ3) is 3.25. The van der Waals surface area contributed by atoms with Gasteiger partial charge in [0.2, 0.25) is 0 Å². The monoisotopic (exact) mass is 187 g/mol. The summed E-state index contributed by atoms with van der Waals surface area (Å²) in [6.07, 6.45) is 3.78. The Bertz CT molecular complexity index is 139. The fourth-order valence-electron chi connectivity index (χ4n) is 1.92. The number of aliphatic hydroxyl groups excluding tert-OH is 2. The molecule has 2 N–H and O–H groups in total. The van der Waals surface area contributed by atoms with E-state index in [9.17, 15) is 5.11 Å². The van der Waals surface area contributed by atoms with Crippen LogP contribution in [0.2, 0.25) is 0 Å². The van der Waals surface area contributed by atoms with Crippen LogP contribution in [0.5, 0.6) is 0 Å². The van der Waals surface area contributed by atoms with Crippen LogP contribution in [-0.2, 0) is 0 Å². The maximum atomic E-state index is 9.42. The topological polar surface area (TPSA) is 43.7 Å². The molecule has 78 valence electrons. The molecule has 0 amide bonds. The van der Waals surface area contributed by atoms with Crippen LogP contribution in [0, 0.1) is 0 Å². The van der Waals surface area contributed by atoms with Gasteiger partial charge in [0.1, 0.15) is 0 Å². The summed E-state index contributed by atoms with van der Waals surface area (Å²) in [6.45, 7) is 4.36. The molecule has 1 heterocycles. The van der Waals surface area contributed by atoms with Gasteiger partial charge in [0, 0.05) is 12.6 Å². The second-order valence-corrected chi connectivity index (χ2v) is 3.90. The number of unbranched alkanes of at least 4 members (excludes halogenated alkanes) is 1. The summed E-state index contributed by atoms with van der Waals surface area (Å²) in [5.41, 5.74) is 0. The summed E-state index contributed by atoms with van der Waals surface area (Å²) in [5, 5.41) is 18.5. The maximum absolute atomic E-state index is 9.42. The average molecular weight is 187 g/mol. The Labute approximate surface area is 80.4 Å². The normalized spacial score (nSPS) is 30.7. The van der Waals surface area contributed by atoms with Crippen LogP contribution < -0.4 is 0 Å². The third-order valence-corrected chi connectivity index (χ3v) is 2.82. The minimum atomic E-state index is -0.199. The molecule has 0 radical (unpaired) electrons. The first kappa shape index (κ1) is 11.0. The van der Waals surface area contributed by atoms with E-state index in [0.29, 0.717) is 0 Å². The highest BCUT2D eigenvalue weighted by Gasteiger charge is 2.25. The summed E-state index contributed by atoms with van der Waals surface area (Å²) < 4.78 is 0. The van der Waals surface area contributed by atoms with Crippen molar-refractivity contribution in [2.24, 2.45) is 0 Å². The van der Waals surface area contributed by atoms with Gasteiger partial charge in [-0.2, -0.15) is 0 Å². The smallest absolute Gasteiger partial charge is 0.0587 e. The van der Waals surface area contributed by atoms with Gasteiger partial charge in [0.15, 0.2) is 0 Å². The van der Waals surface area contributed by atoms with E-state index < -0.39 is 0 Å². The van der Waals surface area contributed by atoms with Crippen LogP contribution in [0.4, 0.5) is 0 Å². The van der Waals surface area contributed by atoms with Crippen molar-refractivity contribution in [2.75, 3.05) is 19.7 Å². The van der Waals surface area contributed by atoms with E-state index in [-0.39, 0.29) is 18.8 Å². The number of hydrogen-bond acceptors (Lipinski definition) is 3. The maximum Gasteiger partial charge on any atom is 0.0587 e. The van der Waals surface area contributed by atoms with E-state index in [2.05, 4.69) is 11.8 Å². The molecule has 1 aliphatic heterocycles. The summed E-state index contributed by atoms with van der Waals surface area (Å²) in [6, 6.07) is 0.190. The summed E-state index contributed by atoms with van der Waals surface area (Å²) >= 11 is 0. The molecule has 2 unspecified atom stereocenters. The van der Waals surface area contributed by atoms with Gasteiger partial charge in [0.25, 0.3) is 0 Å². The Hall–Kier alpha value is -0.120. The number of likely N-dealkylation sites (tertiary alicyclic amines) is 1. The molecule has 0 saturated carbocycles. The summed E-state index contributed by atoms with van der Waals surface area (Å²) in [5.74, 6) is 0. The largest absolute Gasteiger partial charge is 0.395 e. The molecule has 13 heavy (non-hydrogen) atoms. The molecule has 0 aromatic carbocycles. The highest BCUT2D eigenvalue weighted by molar-refractivity contribution is 4.80. The van der Waals surface area contributed by atoms with E-state index in [0.717, 1.165) is 25.9 Å². The zero-order valence-electron chi connectivity index (χ0n) is 8.45.